The van der Waals surface area contributed by atoms with Crippen LogP contribution in [-0.2, 0) is 0 Å². The Hall–Kier alpha value is -0.390. The zero-order valence-electron chi connectivity index (χ0n) is 8.78. The highest BCUT2D eigenvalue weighted by atomic mass is 79.9. The fourth-order valence-electron chi connectivity index (χ4n) is 1.93. The lowest BCUT2D eigenvalue weighted by molar-refractivity contribution is 0.0870. The Morgan fingerprint density at radius 3 is 2.69 bits per heavy atom. The largest absolute Gasteiger partial charge is 0.393 e. The lowest BCUT2D eigenvalue weighted by atomic mass is 9.93. The van der Waals surface area contributed by atoms with Gasteiger partial charge in [-0.25, -0.2) is 0 Å². The van der Waals surface area contributed by atoms with Gasteiger partial charge >= 0.3 is 0 Å². The van der Waals surface area contributed by atoms with E-state index in [0.29, 0.717) is 0 Å². The van der Waals surface area contributed by atoms with Gasteiger partial charge in [0.1, 0.15) is 4.88 Å². The summed E-state index contributed by atoms with van der Waals surface area (Å²) in [5, 5.41) is 14.3. The highest BCUT2D eigenvalue weighted by Gasteiger charge is 2.22. The molecule has 0 atom stereocenters. The van der Waals surface area contributed by atoms with Gasteiger partial charge in [-0.3, -0.25) is 4.79 Å². The maximum atomic E-state index is 11.9. The first-order valence-corrected chi connectivity index (χ1v) is 7.06. The molecule has 1 saturated carbocycles. The average molecular weight is 304 g/mol. The van der Waals surface area contributed by atoms with E-state index in [9.17, 15) is 9.90 Å². The third-order valence-electron chi connectivity index (χ3n) is 2.86. The average Bonchev–Trinajstić information content (AvgIpc) is 2.68. The van der Waals surface area contributed by atoms with Gasteiger partial charge in [-0.1, -0.05) is 0 Å². The number of aliphatic hydroxyl groups is 1. The summed E-state index contributed by atoms with van der Waals surface area (Å²) >= 11 is 4.79. The maximum absolute atomic E-state index is 11.9. The normalized spacial score (nSPS) is 25.4. The predicted molar refractivity (Wildman–Crippen MR) is 67.7 cm³/mol. The summed E-state index contributed by atoms with van der Waals surface area (Å²) < 4.78 is 0.853. The molecule has 0 radical (unpaired) electrons. The second kappa shape index (κ2) is 5.29. The lowest BCUT2D eigenvalue weighted by Crippen LogP contribution is -2.38. The molecule has 3 nitrogen and oxygen atoms in total. The number of halogens is 1. The van der Waals surface area contributed by atoms with Crippen molar-refractivity contribution in [2.45, 2.75) is 37.8 Å². The molecule has 88 valence electrons. The molecule has 1 heterocycles. The van der Waals surface area contributed by atoms with Crippen molar-refractivity contribution in [2.24, 2.45) is 0 Å². The summed E-state index contributed by atoms with van der Waals surface area (Å²) in [7, 11) is 0. The molecule has 1 aliphatic rings. The van der Waals surface area contributed by atoms with Crippen LogP contribution < -0.4 is 5.32 Å². The van der Waals surface area contributed by atoms with Crippen molar-refractivity contribution in [1.82, 2.24) is 5.32 Å². The van der Waals surface area contributed by atoms with Crippen LogP contribution in [0.2, 0.25) is 0 Å². The van der Waals surface area contributed by atoms with Crippen molar-refractivity contribution >= 4 is 33.2 Å². The van der Waals surface area contributed by atoms with Crippen LogP contribution in [0.3, 0.4) is 0 Å². The van der Waals surface area contributed by atoms with E-state index in [1.807, 2.05) is 11.4 Å². The van der Waals surface area contributed by atoms with E-state index < -0.39 is 0 Å². The van der Waals surface area contributed by atoms with Gasteiger partial charge < -0.3 is 10.4 Å². The fourth-order valence-corrected chi connectivity index (χ4v) is 3.38. The zero-order chi connectivity index (χ0) is 11.5. The second-order valence-electron chi connectivity index (χ2n) is 4.08. The van der Waals surface area contributed by atoms with E-state index in [-0.39, 0.29) is 18.1 Å². The molecule has 0 aliphatic heterocycles. The Morgan fingerprint density at radius 2 is 2.12 bits per heavy atom. The van der Waals surface area contributed by atoms with Gasteiger partial charge in [0.05, 0.1) is 6.10 Å². The highest BCUT2D eigenvalue weighted by molar-refractivity contribution is 9.10. The number of aliphatic hydroxyl groups excluding tert-OH is 1. The number of nitrogens with one attached hydrogen (secondary N) is 1. The molecule has 0 saturated heterocycles. The molecule has 16 heavy (non-hydrogen) atoms. The Labute approximate surface area is 107 Å². The van der Waals surface area contributed by atoms with Gasteiger partial charge in [-0.2, -0.15) is 0 Å². The van der Waals surface area contributed by atoms with Gasteiger partial charge in [0.25, 0.3) is 5.91 Å². The fraction of sp³-hybridized carbons (Fsp3) is 0.545. The summed E-state index contributed by atoms with van der Waals surface area (Å²) in [6, 6.07) is 2.09. The van der Waals surface area contributed by atoms with E-state index in [0.717, 1.165) is 35.0 Å². The first-order valence-electron chi connectivity index (χ1n) is 5.38. The molecule has 1 aromatic rings. The van der Waals surface area contributed by atoms with E-state index >= 15 is 0 Å². The highest BCUT2D eigenvalue weighted by Crippen LogP contribution is 2.24. The van der Waals surface area contributed by atoms with E-state index in [4.69, 9.17) is 0 Å². The number of hydrogen-bond acceptors (Lipinski definition) is 3. The maximum Gasteiger partial charge on any atom is 0.262 e. The number of hydrogen-bond donors (Lipinski definition) is 2. The van der Waals surface area contributed by atoms with Crippen molar-refractivity contribution in [2.75, 3.05) is 0 Å². The molecule has 2 rings (SSSR count). The van der Waals surface area contributed by atoms with Crippen LogP contribution in [0.4, 0.5) is 0 Å². The molecule has 1 aromatic heterocycles. The Bertz CT molecular complexity index is 372. The van der Waals surface area contributed by atoms with Crippen molar-refractivity contribution in [3.05, 3.63) is 20.8 Å². The van der Waals surface area contributed by atoms with Crippen LogP contribution >= 0.6 is 27.3 Å². The van der Waals surface area contributed by atoms with Gasteiger partial charge in [0.2, 0.25) is 0 Å². The smallest absolute Gasteiger partial charge is 0.262 e. The summed E-state index contributed by atoms with van der Waals surface area (Å²) in [4.78, 5) is 12.6. The topological polar surface area (TPSA) is 49.3 Å². The van der Waals surface area contributed by atoms with Crippen LogP contribution in [0.15, 0.2) is 15.9 Å². The van der Waals surface area contributed by atoms with Crippen molar-refractivity contribution in [3.63, 3.8) is 0 Å². The molecule has 0 bridgehead atoms. The molecular formula is C11H14BrNO2S. The molecule has 1 fully saturated rings. The van der Waals surface area contributed by atoms with Crippen LogP contribution in [0.5, 0.6) is 0 Å². The van der Waals surface area contributed by atoms with Gasteiger partial charge in [0.15, 0.2) is 0 Å². The molecular weight excluding hydrogens is 290 g/mol. The first-order chi connectivity index (χ1) is 7.66. The number of rotatable bonds is 2. The molecule has 2 N–H and O–H groups in total. The number of carbonyl (C=O) groups excluding carboxylic acids is 1. The summed E-state index contributed by atoms with van der Waals surface area (Å²) in [6.07, 6.45) is 3.14. The van der Waals surface area contributed by atoms with Crippen molar-refractivity contribution < 1.29 is 9.90 Å². The van der Waals surface area contributed by atoms with Crippen LogP contribution in [0.25, 0.3) is 0 Å². The summed E-state index contributed by atoms with van der Waals surface area (Å²) in [5.41, 5.74) is 0. The zero-order valence-corrected chi connectivity index (χ0v) is 11.2. The lowest BCUT2D eigenvalue weighted by Gasteiger charge is -2.25. The molecule has 1 aliphatic carbocycles. The summed E-state index contributed by atoms with van der Waals surface area (Å²) in [6.45, 7) is 0. The number of carbonyl (C=O) groups is 1. The molecule has 0 unspecified atom stereocenters. The number of amides is 1. The quantitative estimate of drug-likeness (QED) is 0.882. The monoisotopic (exact) mass is 303 g/mol. The third-order valence-corrected chi connectivity index (χ3v) is 4.69. The predicted octanol–water partition coefficient (Wildman–Crippen LogP) is 2.54. The van der Waals surface area contributed by atoms with Crippen LogP contribution in [0.1, 0.15) is 35.4 Å². The van der Waals surface area contributed by atoms with Gasteiger partial charge in [0, 0.05) is 10.5 Å². The molecule has 0 spiro atoms. The van der Waals surface area contributed by atoms with Crippen LogP contribution in [-0.4, -0.2) is 23.2 Å². The van der Waals surface area contributed by atoms with E-state index in [1.165, 1.54) is 11.3 Å². The molecule has 5 heteroatoms. The van der Waals surface area contributed by atoms with Crippen molar-refractivity contribution in [1.29, 1.82) is 0 Å². The molecule has 1 amide bonds. The number of thiophene rings is 1. The molecule has 0 aromatic carbocycles. The summed E-state index contributed by atoms with van der Waals surface area (Å²) in [5.74, 6) is -0.0109. The van der Waals surface area contributed by atoms with Crippen molar-refractivity contribution in [3.8, 4) is 0 Å². The first kappa shape index (κ1) is 12.1. The Kier molecular flexibility index (Phi) is 4.00. The minimum Gasteiger partial charge on any atom is -0.393 e. The third kappa shape index (κ3) is 2.84. The minimum atomic E-state index is -0.179. The van der Waals surface area contributed by atoms with Gasteiger partial charge in [-0.15, -0.1) is 11.3 Å². The van der Waals surface area contributed by atoms with E-state index in [1.54, 1.807) is 0 Å². The van der Waals surface area contributed by atoms with Gasteiger partial charge in [-0.05, 0) is 53.1 Å². The van der Waals surface area contributed by atoms with E-state index in [2.05, 4.69) is 21.2 Å². The Morgan fingerprint density at radius 1 is 1.44 bits per heavy atom. The second-order valence-corrected chi connectivity index (χ2v) is 5.85. The van der Waals surface area contributed by atoms with Crippen LogP contribution in [0, 0.1) is 0 Å². The standard InChI is InChI=1S/C11H14BrNO2S/c12-9-5-6-16-10(9)11(15)13-7-1-3-8(14)4-2-7/h5-8,14H,1-4H2,(H,13,15). The SMILES string of the molecule is O=C(NC1CCC(O)CC1)c1sccc1Br. The Balaban J connectivity index is 1.91. The minimum absolute atomic E-state index is 0.0109.